The van der Waals surface area contributed by atoms with Gasteiger partial charge in [0, 0.05) is 37.6 Å². The molecule has 0 bridgehead atoms. The molecule has 2 heterocycles. The van der Waals surface area contributed by atoms with E-state index in [0.717, 1.165) is 43.2 Å². The van der Waals surface area contributed by atoms with E-state index in [0.29, 0.717) is 28.1 Å². The molecule has 12 heteroatoms. The third-order valence-electron chi connectivity index (χ3n) is 10.1. The number of likely N-dealkylation sites (tertiary alicyclic amines) is 1. The molecule has 2 saturated carbocycles. The Kier molecular flexibility index (Phi) is 28.9. The van der Waals surface area contributed by atoms with Crippen LogP contribution < -0.4 is 15.4 Å². The fourth-order valence-corrected chi connectivity index (χ4v) is 8.99. The fraction of sp³-hybridized carbons (Fsp3) is 0.938. The molecule has 3 fully saturated rings. The van der Waals surface area contributed by atoms with Crippen LogP contribution in [0.15, 0.2) is 12.2 Å². The van der Waals surface area contributed by atoms with Crippen LogP contribution in [-0.2, 0) is 0 Å². The number of halogens is 1. The summed E-state index contributed by atoms with van der Waals surface area (Å²) in [4.78, 5) is 2.79. The van der Waals surface area contributed by atoms with Crippen LogP contribution >= 0.6 is 23.5 Å². The van der Waals surface area contributed by atoms with Crippen molar-refractivity contribution in [1.82, 2.24) is 20.3 Å². The molecule has 10 nitrogen and oxygen atoms in total. The predicted molar refractivity (Wildman–Crippen MR) is 192 cm³/mol. The normalized spacial score (nSPS) is 30.3. The van der Waals surface area contributed by atoms with Crippen molar-refractivity contribution in [2.24, 2.45) is 35.0 Å². The summed E-state index contributed by atoms with van der Waals surface area (Å²) in [7, 11) is 0. The third kappa shape index (κ3) is 15.7. The molecule has 44 heavy (non-hydrogen) atoms. The van der Waals surface area contributed by atoms with Gasteiger partial charge < -0.3 is 48.4 Å². The zero-order chi connectivity index (χ0) is 26.3. The van der Waals surface area contributed by atoms with Gasteiger partial charge in [0.25, 0.3) is 0 Å². The van der Waals surface area contributed by atoms with Gasteiger partial charge in [-0.05, 0) is 106 Å². The Bertz CT molecular complexity index is 718. The summed E-state index contributed by atoms with van der Waals surface area (Å²) in [6.45, 7) is 17.0. The van der Waals surface area contributed by atoms with Gasteiger partial charge in [-0.15, -0.1) is 11.6 Å². The summed E-state index contributed by atoms with van der Waals surface area (Å²) < 4.78 is 3.71. The van der Waals surface area contributed by atoms with Gasteiger partial charge in [0.1, 0.15) is 0 Å². The first-order valence-corrected chi connectivity index (χ1v) is 17.0. The standard InChI is InChI=1S/C31H57ClN4S.CH4.6H2O/c1-23(2)29(21-36-17-15-28(31(3,4)22-36)26-11-13-27(32)14-12-26)34-19-24-8-7-9-25(18-24)20-35-37-30-10-5-6-16-33-30;;;;;;;/h5-6,23-30,33-35H,7-22H2,1-4H3;1H4;6*1H2/t24?,25?,26?,27?,28-,29+,30?;;;;;;;/m1......./s1. The lowest BCUT2D eigenvalue weighted by molar-refractivity contribution is 0.00453. The predicted octanol–water partition coefficient (Wildman–Crippen LogP) is 2.35. The van der Waals surface area contributed by atoms with Crippen LogP contribution in [0.1, 0.15) is 99.3 Å². The smallest absolute Gasteiger partial charge is 0.0716 e. The van der Waals surface area contributed by atoms with E-state index >= 15 is 0 Å². The molecular weight excluding hydrogens is 604 g/mol. The van der Waals surface area contributed by atoms with Crippen LogP contribution in [0.5, 0.6) is 0 Å². The Hall–Kier alpha value is -0.0200. The van der Waals surface area contributed by atoms with E-state index in [4.69, 9.17) is 11.6 Å². The van der Waals surface area contributed by atoms with Crippen LogP contribution in [0.4, 0.5) is 0 Å². The quantitative estimate of drug-likeness (QED) is 0.169. The molecule has 0 aromatic carbocycles. The molecule has 0 spiro atoms. The minimum Gasteiger partial charge on any atom is -0.412 e. The second-order valence-corrected chi connectivity index (χ2v) is 15.6. The third-order valence-corrected chi connectivity index (χ3v) is 11.5. The average molecular weight is 677 g/mol. The zero-order valence-corrected chi connectivity index (χ0v) is 28.9. The van der Waals surface area contributed by atoms with E-state index in [1.54, 1.807) is 0 Å². The molecular formula is C32H73ClN4O6S. The van der Waals surface area contributed by atoms with E-state index in [1.807, 2.05) is 11.9 Å². The van der Waals surface area contributed by atoms with Crippen molar-refractivity contribution in [2.75, 3.05) is 39.3 Å². The first-order valence-electron chi connectivity index (χ1n) is 15.7. The first-order chi connectivity index (χ1) is 17.8. The lowest BCUT2D eigenvalue weighted by atomic mass is 9.64. The van der Waals surface area contributed by atoms with Gasteiger partial charge in [0.05, 0.1) is 5.37 Å². The lowest BCUT2D eigenvalue weighted by Crippen LogP contribution is -2.53. The summed E-state index contributed by atoms with van der Waals surface area (Å²) in [6.07, 6.45) is 17.8. The number of nitrogens with one attached hydrogen (secondary N) is 3. The highest BCUT2D eigenvalue weighted by Crippen LogP contribution is 2.45. The molecule has 2 aliphatic heterocycles. The van der Waals surface area contributed by atoms with Gasteiger partial charge in [-0.1, -0.05) is 65.6 Å². The van der Waals surface area contributed by atoms with Crippen LogP contribution in [0.2, 0.25) is 0 Å². The Morgan fingerprint density at radius 1 is 0.909 bits per heavy atom. The number of hydrogen-bond donors (Lipinski definition) is 3. The van der Waals surface area contributed by atoms with Gasteiger partial charge in [-0.2, -0.15) is 0 Å². The lowest BCUT2D eigenvalue weighted by Gasteiger charge is -2.49. The van der Waals surface area contributed by atoms with Crippen molar-refractivity contribution in [3.63, 3.8) is 0 Å². The van der Waals surface area contributed by atoms with E-state index in [1.165, 1.54) is 84.0 Å². The monoisotopic (exact) mass is 676 g/mol. The largest absolute Gasteiger partial charge is 0.412 e. The van der Waals surface area contributed by atoms with Gasteiger partial charge in [0.15, 0.2) is 0 Å². The molecule has 5 atom stereocenters. The van der Waals surface area contributed by atoms with Crippen molar-refractivity contribution < 1.29 is 32.9 Å². The number of hydrogen-bond acceptors (Lipinski definition) is 5. The SMILES string of the molecule is C.CC(C)[C@H](CN1CC[C@H](C2CCC(Cl)CC2)C(C)(C)C1)NCC1CCCC(CNSC2CC=CCN2)C1.O.O.O.O.O.O. The molecule has 2 aliphatic carbocycles. The van der Waals surface area contributed by atoms with Crippen molar-refractivity contribution >= 4 is 23.5 Å². The number of rotatable bonds is 11. The van der Waals surface area contributed by atoms with E-state index in [2.05, 4.69) is 60.1 Å². The maximum absolute atomic E-state index is 6.42. The van der Waals surface area contributed by atoms with Crippen molar-refractivity contribution in [3.05, 3.63) is 12.2 Å². The highest BCUT2D eigenvalue weighted by atomic mass is 35.5. The van der Waals surface area contributed by atoms with E-state index in [9.17, 15) is 0 Å². The molecule has 270 valence electrons. The highest BCUT2D eigenvalue weighted by Gasteiger charge is 2.41. The number of alkyl halides is 1. The zero-order valence-electron chi connectivity index (χ0n) is 27.3. The first kappa shape index (κ1) is 50.8. The van der Waals surface area contributed by atoms with Gasteiger partial charge in [-0.3, -0.25) is 4.72 Å². The molecule has 4 rings (SSSR count). The van der Waals surface area contributed by atoms with Crippen molar-refractivity contribution in [3.8, 4) is 0 Å². The number of piperidine rings is 1. The Labute approximate surface area is 278 Å². The maximum atomic E-state index is 6.42. The van der Waals surface area contributed by atoms with Crippen LogP contribution in [-0.4, -0.2) is 93.8 Å². The van der Waals surface area contributed by atoms with Crippen molar-refractivity contribution in [1.29, 1.82) is 0 Å². The maximum Gasteiger partial charge on any atom is 0.0716 e. The minimum absolute atomic E-state index is 0. The van der Waals surface area contributed by atoms with Crippen LogP contribution in [0, 0.1) is 35.0 Å². The summed E-state index contributed by atoms with van der Waals surface area (Å²) >= 11 is 8.33. The molecule has 15 N–H and O–H groups in total. The summed E-state index contributed by atoms with van der Waals surface area (Å²) in [5.74, 6) is 4.11. The summed E-state index contributed by atoms with van der Waals surface area (Å²) in [6, 6.07) is 0.596. The van der Waals surface area contributed by atoms with Crippen molar-refractivity contribution in [2.45, 2.75) is 116 Å². The van der Waals surface area contributed by atoms with E-state index < -0.39 is 0 Å². The number of nitrogens with zero attached hydrogens (tertiary/aromatic N) is 1. The molecule has 0 radical (unpaired) electrons. The molecule has 4 aliphatic rings. The Morgan fingerprint density at radius 2 is 1.55 bits per heavy atom. The molecule has 3 unspecified atom stereocenters. The summed E-state index contributed by atoms with van der Waals surface area (Å²) in [5, 5.41) is 8.60. The van der Waals surface area contributed by atoms with Gasteiger partial charge in [0.2, 0.25) is 0 Å². The minimum atomic E-state index is 0. The Morgan fingerprint density at radius 3 is 2.11 bits per heavy atom. The molecule has 0 amide bonds. The second-order valence-electron chi connectivity index (χ2n) is 13.9. The van der Waals surface area contributed by atoms with E-state index in [-0.39, 0.29) is 40.3 Å². The molecule has 0 aromatic heterocycles. The topological polar surface area (TPSA) is 228 Å². The van der Waals surface area contributed by atoms with Crippen LogP contribution in [0.25, 0.3) is 0 Å². The summed E-state index contributed by atoms with van der Waals surface area (Å²) in [5.41, 5.74) is 0.411. The molecule has 0 aromatic rings. The van der Waals surface area contributed by atoms with Crippen LogP contribution in [0.3, 0.4) is 0 Å². The second kappa shape index (κ2) is 25.1. The fourth-order valence-electron chi connectivity index (χ4n) is 7.82. The van der Waals surface area contributed by atoms with Gasteiger partial charge in [-0.25, -0.2) is 0 Å². The highest BCUT2D eigenvalue weighted by molar-refractivity contribution is 7.98. The molecule has 1 saturated heterocycles. The Balaban J connectivity index is -0.00000114. The average Bonchev–Trinajstić information content (AvgIpc) is 2.87. The van der Waals surface area contributed by atoms with Gasteiger partial charge >= 0.3 is 0 Å².